The fraction of sp³-hybridized carbons (Fsp3) is 0.833. The predicted molar refractivity (Wildman–Crippen MR) is 63.2 cm³/mol. The zero-order valence-electron chi connectivity index (χ0n) is 11.3. The third-order valence-corrected chi connectivity index (χ3v) is 3.22. The Morgan fingerprint density at radius 1 is 1.32 bits per heavy atom. The topological polar surface area (TPSA) is 49.4 Å². The molecule has 0 aromatic rings. The van der Waals surface area contributed by atoms with Crippen molar-refractivity contribution >= 4 is 11.8 Å². The number of hydrogen-bond donors (Lipinski definition) is 1. The van der Waals surface area contributed by atoms with Crippen LogP contribution in [0, 0.1) is 5.92 Å². The highest BCUT2D eigenvalue weighted by molar-refractivity contribution is 5.96. The van der Waals surface area contributed by atoms with Crippen molar-refractivity contribution in [3.8, 4) is 0 Å². The highest BCUT2D eigenvalue weighted by atomic mass is 19.4. The molecule has 2 atom stereocenters. The SMILES string of the molecule is CC(C)C1NC(=O)C(C)N(CCCC(F)(F)F)C1=O. The van der Waals surface area contributed by atoms with E-state index in [1.807, 2.05) is 0 Å². The van der Waals surface area contributed by atoms with Crippen LogP contribution in [0.15, 0.2) is 0 Å². The molecule has 0 bridgehead atoms. The highest BCUT2D eigenvalue weighted by Gasteiger charge is 2.39. The van der Waals surface area contributed by atoms with Gasteiger partial charge in [0.15, 0.2) is 0 Å². The average molecular weight is 280 g/mol. The van der Waals surface area contributed by atoms with E-state index in [0.717, 1.165) is 0 Å². The van der Waals surface area contributed by atoms with Crippen LogP contribution in [-0.2, 0) is 9.59 Å². The minimum atomic E-state index is -4.23. The minimum Gasteiger partial charge on any atom is -0.342 e. The van der Waals surface area contributed by atoms with Gasteiger partial charge in [-0.3, -0.25) is 9.59 Å². The van der Waals surface area contributed by atoms with Crippen molar-refractivity contribution in [2.45, 2.75) is 51.9 Å². The molecule has 1 aliphatic rings. The number of hydrogen-bond acceptors (Lipinski definition) is 2. The van der Waals surface area contributed by atoms with Crippen LogP contribution in [0.1, 0.15) is 33.6 Å². The minimum absolute atomic E-state index is 0.0455. The van der Waals surface area contributed by atoms with Crippen molar-refractivity contribution in [1.82, 2.24) is 10.2 Å². The van der Waals surface area contributed by atoms with Gasteiger partial charge in [-0.15, -0.1) is 0 Å². The van der Waals surface area contributed by atoms with Crippen LogP contribution < -0.4 is 5.32 Å². The van der Waals surface area contributed by atoms with Gasteiger partial charge in [0, 0.05) is 13.0 Å². The second-order valence-corrected chi connectivity index (χ2v) is 5.16. The number of carbonyl (C=O) groups is 2. The van der Waals surface area contributed by atoms with Crippen LogP contribution in [0.5, 0.6) is 0 Å². The van der Waals surface area contributed by atoms with Gasteiger partial charge < -0.3 is 10.2 Å². The molecule has 0 radical (unpaired) electrons. The average Bonchev–Trinajstić information content (AvgIpc) is 2.26. The summed E-state index contributed by atoms with van der Waals surface area (Å²) < 4.78 is 36.3. The maximum Gasteiger partial charge on any atom is 0.389 e. The zero-order chi connectivity index (χ0) is 14.8. The molecule has 1 N–H and O–H groups in total. The Kier molecular flexibility index (Phi) is 4.81. The van der Waals surface area contributed by atoms with Crippen LogP contribution in [0.4, 0.5) is 13.2 Å². The van der Waals surface area contributed by atoms with E-state index in [2.05, 4.69) is 5.32 Å². The first kappa shape index (κ1) is 15.8. The Balaban J connectivity index is 2.67. The van der Waals surface area contributed by atoms with Crippen LogP contribution in [0.3, 0.4) is 0 Å². The Labute approximate surface area is 110 Å². The van der Waals surface area contributed by atoms with Gasteiger partial charge in [-0.05, 0) is 19.3 Å². The lowest BCUT2D eigenvalue weighted by molar-refractivity contribution is -0.152. The van der Waals surface area contributed by atoms with E-state index in [1.54, 1.807) is 13.8 Å². The van der Waals surface area contributed by atoms with Crippen molar-refractivity contribution in [3.63, 3.8) is 0 Å². The second kappa shape index (κ2) is 5.79. The number of alkyl halides is 3. The molecule has 1 rings (SSSR count). The van der Waals surface area contributed by atoms with E-state index in [4.69, 9.17) is 0 Å². The van der Waals surface area contributed by atoms with Crippen LogP contribution in [0.25, 0.3) is 0 Å². The molecule has 0 aliphatic carbocycles. The lowest BCUT2D eigenvalue weighted by atomic mass is 9.98. The van der Waals surface area contributed by atoms with Gasteiger partial charge in [-0.2, -0.15) is 13.2 Å². The van der Waals surface area contributed by atoms with Gasteiger partial charge in [0.05, 0.1) is 0 Å². The summed E-state index contributed by atoms with van der Waals surface area (Å²) in [5.74, 6) is -0.705. The van der Waals surface area contributed by atoms with Crippen LogP contribution in [0.2, 0.25) is 0 Å². The molecule has 0 saturated carbocycles. The van der Waals surface area contributed by atoms with E-state index in [0.29, 0.717) is 0 Å². The lowest BCUT2D eigenvalue weighted by Gasteiger charge is -2.38. The maximum absolute atomic E-state index is 12.1. The molecule has 1 fully saturated rings. The number of halogens is 3. The molecule has 4 nitrogen and oxygen atoms in total. The van der Waals surface area contributed by atoms with Crippen molar-refractivity contribution in [3.05, 3.63) is 0 Å². The monoisotopic (exact) mass is 280 g/mol. The summed E-state index contributed by atoms with van der Waals surface area (Å²) >= 11 is 0. The molecule has 2 unspecified atom stereocenters. The molecular formula is C12H19F3N2O2. The van der Waals surface area contributed by atoms with Gasteiger partial charge in [0.25, 0.3) is 0 Å². The Hall–Kier alpha value is -1.27. The molecule has 0 aromatic carbocycles. The molecule has 1 saturated heterocycles. The first-order chi connectivity index (χ1) is 8.63. The number of amides is 2. The van der Waals surface area contributed by atoms with Gasteiger partial charge in [-0.25, -0.2) is 0 Å². The molecule has 0 aromatic heterocycles. The van der Waals surface area contributed by atoms with Crippen LogP contribution >= 0.6 is 0 Å². The number of piperazine rings is 1. The molecule has 1 aliphatic heterocycles. The van der Waals surface area contributed by atoms with E-state index < -0.39 is 24.7 Å². The fourth-order valence-corrected chi connectivity index (χ4v) is 2.05. The quantitative estimate of drug-likeness (QED) is 0.852. The van der Waals surface area contributed by atoms with E-state index in [-0.39, 0.29) is 30.7 Å². The zero-order valence-corrected chi connectivity index (χ0v) is 11.3. The highest BCUT2D eigenvalue weighted by Crippen LogP contribution is 2.23. The summed E-state index contributed by atoms with van der Waals surface area (Å²) in [6.45, 7) is 5.05. The molecule has 19 heavy (non-hydrogen) atoms. The van der Waals surface area contributed by atoms with Gasteiger partial charge in [-0.1, -0.05) is 13.8 Å². The van der Waals surface area contributed by atoms with Crippen LogP contribution in [-0.4, -0.2) is 41.5 Å². The molecule has 110 valence electrons. The van der Waals surface area contributed by atoms with Gasteiger partial charge in [0.2, 0.25) is 11.8 Å². The lowest BCUT2D eigenvalue weighted by Crippen LogP contribution is -2.63. The number of rotatable bonds is 4. The summed E-state index contributed by atoms with van der Waals surface area (Å²) in [7, 11) is 0. The number of nitrogens with zero attached hydrogens (tertiary/aromatic N) is 1. The fourth-order valence-electron chi connectivity index (χ4n) is 2.05. The molecule has 1 heterocycles. The van der Waals surface area contributed by atoms with Gasteiger partial charge >= 0.3 is 6.18 Å². The molecular weight excluding hydrogens is 261 g/mol. The first-order valence-corrected chi connectivity index (χ1v) is 6.31. The summed E-state index contributed by atoms with van der Waals surface area (Å²) in [5.41, 5.74) is 0. The van der Waals surface area contributed by atoms with Crippen molar-refractivity contribution in [2.24, 2.45) is 5.92 Å². The number of carbonyl (C=O) groups excluding carboxylic acids is 2. The Morgan fingerprint density at radius 2 is 1.89 bits per heavy atom. The third-order valence-electron chi connectivity index (χ3n) is 3.22. The van der Waals surface area contributed by atoms with Crippen molar-refractivity contribution in [2.75, 3.05) is 6.54 Å². The normalized spacial score (nSPS) is 24.9. The smallest absolute Gasteiger partial charge is 0.342 e. The van der Waals surface area contributed by atoms with Gasteiger partial charge in [0.1, 0.15) is 12.1 Å². The van der Waals surface area contributed by atoms with E-state index in [9.17, 15) is 22.8 Å². The molecule has 7 heteroatoms. The Morgan fingerprint density at radius 3 is 2.37 bits per heavy atom. The van der Waals surface area contributed by atoms with Crippen molar-refractivity contribution in [1.29, 1.82) is 0 Å². The second-order valence-electron chi connectivity index (χ2n) is 5.16. The Bertz CT molecular complexity index is 355. The standard InChI is InChI=1S/C12H19F3N2O2/c1-7(2)9-11(19)17(8(3)10(18)16-9)6-4-5-12(13,14)15/h7-9H,4-6H2,1-3H3,(H,16,18). The molecule has 0 spiro atoms. The molecule has 2 amide bonds. The maximum atomic E-state index is 12.1. The van der Waals surface area contributed by atoms with E-state index >= 15 is 0 Å². The van der Waals surface area contributed by atoms with E-state index in [1.165, 1.54) is 11.8 Å². The summed E-state index contributed by atoms with van der Waals surface area (Å²) in [6.07, 6.45) is -5.36. The third kappa shape index (κ3) is 4.11. The summed E-state index contributed by atoms with van der Waals surface area (Å²) in [6, 6.07) is -1.36. The first-order valence-electron chi connectivity index (χ1n) is 6.31. The predicted octanol–water partition coefficient (Wildman–Crippen LogP) is 1.70. The summed E-state index contributed by atoms with van der Waals surface area (Å²) in [5, 5.41) is 2.60. The summed E-state index contributed by atoms with van der Waals surface area (Å²) in [4.78, 5) is 25.1. The van der Waals surface area contributed by atoms with Crippen molar-refractivity contribution < 1.29 is 22.8 Å². The number of nitrogens with one attached hydrogen (secondary N) is 1. The largest absolute Gasteiger partial charge is 0.389 e.